The lowest BCUT2D eigenvalue weighted by molar-refractivity contribution is -0.285. The van der Waals surface area contributed by atoms with Gasteiger partial charge in [-0.3, -0.25) is 18.6 Å². The number of carbonyl (C=O) groups is 2. The Morgan fingerprint density at radius 1 is 0.627 bits per heavy atom. The third-order valence-corrected chi connectivity index (χ3v) is 9.81. The maximum atomic E-state index is 12.7. The van der Waals surface area contributed by atoms with E-state index in [4.69, 9.17) is 28.7 Å². The monoisotopic (exact) mass is 758 g/mol. The molecular formula is C37H71O13P. The molecule has 5 N–H and O–H groups in total. The number of phosphoric ester groups is 1. The lowest BCUT2D eigenvalue weighted by Gasteiger charge is -2.38. The number of rotatable bonds is 33. The van der Waals surface area contributed by atoms with Gasteiger partial charge in [-0.2, -0.15) is 0 Å². The van der Waals surface area contributed by atoms with Gasteiger partial charge in [0.2, 0.25) is 0 Å². The van der Waals surface area contributed by atoms with Crippen LogP contribution in [0.15, 0.2) is 0 Å². The Morgan fingerprint density at radius 3 is 1.53 bits per heavy atom. The Bertz CT molecular complexity index is 1080. The maximum absolute atomic E-state index is 12.7. The zero-order valence-corrected chi connectivity index (χ0v) is 32.0. The molecule has 0 aliphatic carbocycles. The van der Waals surface area contributed by atoms with Gasteiger partial charge in [0.15, 0.2) is 12.4 Å². The third-order valence-electron chi connectivity index (χ3n) is 8.86. The van der Waals surface area contributed by atoms with Crippen molar-refractivity contribution in [3.63, 3.8) is 0 Å². The Kier molecular flexibility index (Phi) is 24.3. The van der Waals surface area contributed by atoms with Crippen molar-refractivity contribution in [2.75, 3.05) is 19.8 Å². The minimum atomic E-state index is -4.87. The molecular weight excluding hydrogens is 683 g/mol. The SMILES string of the molecule is [2H]C([2H])(C)CCCCCCCCCCCC(=O)OC[C@H](COP(=O)(O)OC[C@H]1O[C@@H](O)[C@H](O)[C@@H](O)[C@@H]1O)OC(=O)CCCCCCCCCCCC([2H])([2H])C. The number of hydrogen-bond acceptors (Lipinski definition) is 12. The molecule has 1 aliphatic rings. The van der Waals surface area contributed by atoms with Crippen LogP contribution in [-0.2, 0) is 37.4 Å². The molecule has 1 saturated heterocycles. The number of hydrogen-bond donors (Lipinski definition) is 5. The van der Waals surface area contributed by atoms with Crippen molar-refractivity contribution in [1.29, 1.82) is 0 Å². The maximum Gasteiger partial charge on any atom is 0.472 e. The van der Waals surface area contributed by atoms with E-state index < -0.39 is 89.1 Å². The molecule has 1 heterocycles. The predicted octanol–water partition coefficient (Wildman–Crippen LogP) is 6.78. The minimum absolute atomic E-state index is 0.0833. The van der Waals surface area contributed by atoms with Gasteiger partial charge in [-0.25, -0.2) is 4.57 Å². The summed E-state index contributed by atoms with van der Waals surface area (Å²) in [6.07, 6.45) is 6.30. The highest BCUT2D eigenvalue weighted by Gasteiger charge is 2.44. The van der Waals surface area contributed by atoms with Crippen LogP contribution in [0.4, 0.5) is 0 Å². The topological polar surface area (TPSA) is 199 Å². The van der Waals surface area contributed by atoms with Crippen molar-refractivity contribution in [1.82, 2.24) is 0 Å². The average Bonchev–Trinajstić information content (AvgIpc) is 3.09. The van der Waals surface area contributed by atoms with Crippen molar-refractivity contribution in [2.45, 2.75) is 205 Å². The number of aliphatic hydroxyl groups is 4. The minimum Gasteiger partial charge on any atom is -0.462 e. The molecule has 13 nitrogen and oxygen atoms in total. The Hall–Kier alpha value is -1.15. The van der Waals surface area contributed by atoms with Crippen molar-refractivity contribution < 1.29 is 68.2 Å². The molecule has 1 aliphatic heterocycles. The van der Waals surface area contributed by atoms with Gasteiger partial charge in [0.1, 0.15) is 31.0 Å². The molecule has 1 fully saturated rings. The van der Waals surface area contributed by atoms with Crippen LogP contribution in [0.3, 0.4) is 0 Å². The van der Waals surface area contributed by atoms with Gasteiger partial charge < -0.3 is 39.5 Å². The van der Waals surface area contributed by atoms with Gasteiger partial charge in [-0.05, 0) is 12.8 Å². The molecule has 1 rings (SSSR count). The largest absolute Gasteiger partial charge is 0.472 e. The van der Waals surface area contributed by atoms with Crippen LogP contribution < -0.4 is 0 Å². The van der Waals surface area contributed by atoms with E-state index in [1.165, 1.54) is 0 Å². The fourth-order valence-electron chi connectivity index (χ4n) is 5.69. The molecule has 7 atom stereocenters. The summed E-state index contributed by atoms with van der Waals surface area (Å²) in [5, 5.41) is 39.2. The summed E-state index contributed by atoms with van der Waals surface area (Å²) in [4.78, 5) is 35.3. The highest BCUT2D eigenvalue weighted by molar-refractivity contribution is 7.47. The first kappa shape index (κ1) is 41.0. The number of ether oxygens (including phenoxy) is 3. The zero-order chi connectivity index (χ0) is 41.3. The van der Waals surface area contributed by atoms with E-state index >= 15 is 0 Å². The van der Waals surface area contributed by atoms with Crippen molar-refractivity contribution >= 4 is 19.8 Å². The molecule has 1 unspecified atom stereocenters. The van der Waals surface area contributed by atoms with Crippen LogP contribution >= 0.6 is 7.82 Å². The van der Waals surface area contributed by atoms with E-state index in [2.05, 4.69) is 0 Å². The Morgan fingerprint density at radius 2 is 1.06 bits per heavy atom. The van der Waals surface area contributed by atoms with Crippen molar-refractivity contribution in [3.05, 3.63) is 0 Å². The normalized spacial score (nSPS) is 24.1. The van der Waals surface area contributed by atoms with Crippen LogP contribution in [0.1, 0.15) is 173 Å². The lowest BCUT2D eigenvalue weighted by atomic mass is 10.00. The number of phosphoric acid groups is 1. The number of unbranched alkanes of at least 4 members (excludes halogenated alkanes) is 16. The van der Waals surface area contributed by atoms with Gasteiger partial charge in [-0.1, -0.05) is 142 Å². The molecule has 51 heavy (non-hydrogen) atoms. The van der Waals surface area contributed by atoms with E-state index in [1.807, 2.05) is 0 Å². The lowest BCUT2D eigenvalue weighted by Crippen LogP contribution is -2.58. The van der Waals surface area contributed by atoms with Crippen LogP contribution in [0, 0.1) is 0 Å². The average molecular weight is 759 g/mol. The molecule has 0 aromatic rings. The molecule has 0 spiro atoms. The van der Waals surface area contributed by atoms with Crippen LogP contribution in [0.2, 0.25) is 0 Å². The summed E-state index contributed by atoms with van der Waals surface area (Å²) >= 11 is 0. The van der Waals surface area contributed by atoms with E-state index in [0.29, 0.717) is 25.7 Å². The first-order chi connectivity index (χ1) is 25.8. The van der Waals surface area contributed by atoms with Crippen molar-refractivity contribution in [3.8, 4) is 0 Å². The van der Waals surface area contributed by atoms with Crippen molar-refractivity contribution in [2.24, 2.45) is 0 Å². The molecule has 14 heteroatoms. The number of aliphatic hydroxyl groups excluding tert-OH is 4. The van der Waals surface area contributed by atoms with Gasteiger partial charge in [0.25, 0.3) is 0 Å². The molecule has 0 amide bonds. The number of esters is 2. The van der Waals surface area contributed by atoms with Gasteiger partial charge >= 0.3 is 19.8 Å². The first-order valence-electron chi connectivity index (χ1n) is 21.1. The van der Waals surface area contributed by atoms with Crippen LogP contribution in [-0.4, -0.2) is 93.9 Å². The predicted molar refractivity (Wildman–Crippen MR) is 194 cm³/mol. The second-order valence-electron chi connectivity index (χ2n) is 13.5. The molecule has 0 saturated carbocycles. The summed E-state index contributed by atoms with van der Waals surface area (Å²) in [5.41, 5.74) is 0. The van der Waals surface area contributed by atoms with Gasteiger partial charge in [-0.15, -0.1) is 0 Å². The standard InChI is InChI=1S/C37H71O13P/c1-3-5-7-9-11-13-15-17-19-21-23-25-32(38)46-27-30(49-33(39)26-24-22-20-18-16-14-12-10-8-6-4-2)28-47-51(44,45)48-29-31-34(40)35(41)36(42)37(43)50-31/h30-31,34-37,40-43H,3-29H2,1-2H3,(H,44,45)/t30-,31-,34-,35+,36-,37-/m1/s1/i3D2,4D2. The quantitative estimate of drug-likeness (QED) is 0.0267. The Balaban J connectivity index is 2.46. The van der Waals surface area contributed by atoms with Crippen LogP contribution in [0.5, 0.6) is 0 Å². The molecule has 0 radical (unpaired) electrons. The fourth-order valence-corrected chi connectivity index (χ4v) is 6.45. The molecule has 0 aromatic heterocycles. The second-order valence-corrected chi connectivity index (χ2v) is 14.9. The van der Waals surface area contributed by atoms with E-state index in [0.717, 1.165) is 103 Å². The second kappa shape index (κ2) is 30.2. The van der Waals surface area contributed by atoms with Crippen LogP contribution in [0.25, 0.3) is 0 Å². The number of carbonyl (C=O) groups excluding carboxylic acids is 2. The highest BCUT2D eigenvalue weighted by atomic mass is 31.2. The fraction of sp³-hybridized carbons (Fsp3) is 0.946. The Labute approximate surface area is 312 Å². The molecule has 0 aromatic carbocycles. The highest BCUT2D eigenvalue weighted by Crippen LogP contribution is 2.44. The summed E-state index contributed by atoms with van der Waals surface area (Å²) in [5.74, 6) is -1.12. The summed E-state index contributed by atoms with van der Waals surface area (Å²) < 4.78 is 68.5. The summed E-state index contributed by atoms with van der Waals surface area (Å²) in [6, 6.07) is 0. The zero-order valence-electron chi connectivity index (χ0n) is 35.1. The summed E-state index contributed by atoms with van der Waals surface area (Å²) in [7, 11) is -4.87. The van der Waals surface area contributed by atoms with Gasteiger partial charge in [0, 0.05) is 18.3 Å². The van der Waals surface area contributed by atoms with E-state index in [-0.39, 0.29) is 12.8 Å². The first-order valence-corrected chi connectivity index (χ1v) is 20.6. The molecule has 0 bridgehead atoms. The third kappa shape index (κ3) is 24.7. The van der Waals surface area contributed by atoms with E-state index in [1.54, 1.807) is 13.8 Å². The van der Waals surface area contributed by atoms with E-state index in [9.17, 15) is 39.5 Å². The smallest absolute Gasteiger partial charge is 0.462 e. The van der Waals surface area contributed by atoms with Gasteiger partial charge in [0.05, 0.1) is 13.2 Å². The molecule has 302 valence electrons. The summed E-state index contributed by atoms with van der Waals surface area (Å²) in [6.45, 7) is 1.31.